The summed E-state index contributed by atoms with van der Waals surface area (Å²) in [7, 11) is 2.24. The Morgan fingerprint density at radius 1 is 1.80 bits per heavy atom. The van der Waals surface area contributed by atoms with Gasteiger partial charge in [0.05, 0.1) is 6.23 Å². The van der Waals surface area contributed by atoms with Crippen molar-refractivity contribution in [2.45, 2.75) is 0 Å². The lowest BCUT2D eigenvalue weighted by Gasteiger charge is -2.11. The monoisotopic (exact) mass is 165 g/mol. The maximum Gasteiger partial charge on any atom is 0.431 e. The van der Waals surface area contributed by atoms with Crippen LogP contribution in [0.3, 0.4) is 0 Å². The first-order valence-corrected chi connectivity index (χ1v) is 4.34. The number of rotatable bonds is 4. The van der Waals surface area contributed by atoms with Crippen molar-refractivity contribution in [1.29, 1.82) is 0 Å². The topological polar surface area (TPSA) is 59.0 Å². The van der Waals surface area contributed by atoms with Crippen molar-refractivity contribution in [1.82, 2.24) is 5.06 Å². The highest BCUT2D eigenvalue weighted by molar-refractivity contribution is 6.26. The first kappa shape index (κ1) is 9.41. The van der Waals surface area contributed by atoms with Gasteiger partial charge in [0.2, 0.25) is 0 Å². The normalized spacial score (nSPS) is 10.6. The number of hydrogen-bond donors (Lipinski definition) is 1. The molecule has 0 aromatic heterocycles. The van der Waals surface area contributed by atoms with Crippen LogP contribution in [0.25, 0.3) is 0 Å². The first-order chi connectivity index (χ1) is 4.68. The van der Waals surface area contributed by atoms with Gasteiger partial charge in [-0.1, -0.05) is 0 Å². The molecule has 1 amide bonds. The summed E-state index contributed by atoms with van der Waals surface area (Å²) in [5.74, 6) is 0. The fourth-order valence-corrected chi connectivity index (χ4v) is 0.828. The molecular formula is C4H11NO4Si. The average molecular weight is 165 g/mol. The molecule has 0 aromatic carbocycles. The predicted octanol–water partition coefficient (Wildman–Crippen LogP) is -0.784. The Labute approximate surface area is 61.4 Å². The third-order valence-electron chi connectivity index (χ3n) is 0.842. The van der Waals surface area contributed by atoms with Crippen molar-refractivity contribution in [2.75, 3.05) is 20.4 Å². The Morgan fingerprint density at radius 2 is 2.40 bits per heavy atom. The van der Waals surface area contributed by atoms with E-state index in [2.05, 4.69) is 0 Å². The first-order valence-electron chi connectivity index (χ1n) is 2.77. The maximum atomic E-state index is 10.1. The zero-order chi connectivity index (χ0) is 7.98. The van der Waals surface area contributed by atoms with Crippen LogP contribution in [-0.2, 0) is 9.26 Å². The SMILES string of the molecule is CO[SiH2]CON(C)C(=O)O. The summed E-state index contributed by atoms with van der Waals surface area (Å²) in [6.45, 7) is 0. The lowest BCUT2D eigenvalue weighted by Crippen LogP contribution is -2.27. The van der Waals surface area contributed by atoms with Crippen molar-refractivity contribution in [3.63, 3.8) is 0 Å². The molecule has 0 rings (SSSR count). The third-order valence-corrected chi connectivity index (χ3v) is 1.60. The molecule has 0 aliphatic carbocycles. The van der Waals surface area contributed by atoms with E-state index in [-0.39, 0.29) is 0 Å². The lowest BCUT2D eigenvalue weighted by molar-refractivity contribution is -0.0950. The second-order valence-corrected chi connectivity index (χ2v) is 3.00. The predicted molar refractivity (Wildman–Crippen MR) is 37.3 cm³/mol. The van der Waals surface area contributed by atoms with Crippen molar-refractivity contribution >= 4 is 15.9 Å². The molecule has 5 nitrogen and oxygen atoms in total. The summed E-state index contributed by atoms with van der Waals surface area (Å²) in [5, 5.41) is 9.03. The molecule has 0 aliphatic heterocycles. The van der Waals surface area contributed by atoms with Crippen molar-refractivity contribution < 1.29 is 19.2 Å². The zero-order valence-corrected chi connectivity index (χ0v) is 7.45. The molecule has 0 aliphatic rings. The lowest BCUT2D eigenvalue weighted by atomic mass is 11.1. The Bertz CT molecular complexity index is 109. The molecule has 0 bridgehead atoms. The van der Waals surface area contributed by atoms with E-state index in [1.54, 1.807) is 7.11 Å². The molecule has 0 aromatic rings. The summed E-state index contributed by atoms with van der Waals surface area (Å²) in [5.41, 5.74) is 0. The van der Waals surface area contributed by atoms with Crippen LogP contribution in [0.2, 0.25) is 0 Å². The molecule has 60 valence electrons. The fraction of sp³-hybridized carbons (Fsp3) is 0.750. The van der Waals surface area contributed by atoms with Crippen LogP contribution in [0.15, 0.2) is 0 Å². The largest absolute Gasteiger partial charge is 0.463 e. The van der Waals surface area contributed by atoms with E-state index >= 15 is 0 Å². The van der Waals surface area contributed by atoms with E-state index in [4.69, 9.17) is 14.4 Å². The summed E-state index contributed by atoms with van der Waals surface area (Å²) in [6.07, 6.45) is -0.704. The second-order valence-electron chi connectivity index (χ2n) is 1.61. The minimum Gasteiger partial charge on any atom is -0.463 e. The molecule has 0 saturated carbocycles. The number of hydrogen-bond acceptors (Lipinski definition) is 3. The Hall–Kier alpha value is -0.593. The van der Waals surface area contributed by atoms with Crippen molar-refractivity contribution in [3.05, 3.63) is 0 Å². The quantitative estimate of drug-likeness (QED) is 0.337. The van der Waals surface area contributed by atoms with Crippen LogP contribution >= 0.6 is 0 Å². The van der Waals surface area contributed by atoms with Crippen molar-refractivity contribution in [2.24, 2.45) is 0 Å². The third kappa shape index (κ3) is 4.30. The fourth-order valence-electron chi connectivity index (χ4n) is 0.313. The maximum absolute atomic E-state index is 10.1. The molecule has 0 fully saturated rings. The van der Waals surface area contributed by atoms with E-state index in [1.165, 1.54) is 7.05 Å². The molecule has 0 heterocycles. The average Bonchev–Trinajstić information content (AvgIpc) is 1.88. The molecule has 6 heteroatoms. The van der Waals surface area contributed by atoms with E-state index in [9.17, 15) is 4.79 Å². The van der Waals surface area contributed by atoms with E-state index in [0.29, 0.717) is 6.23 Å². The number of nitrogens with zero attached hydrogens (tertiary/aromatic N) is 1. The summed E-state index contributed by atoms with van der Waals surface area (Å²) >= 11 is 0. The van der Waals surface area contributed by atoms with Gasteiger partial charge in [0.15, 0.2) is 9.76 Å². The molecule has 1 N–H and O–H groups in total. The highest BCUT2D eigenvalue weighted by Gasteiger charge is 2.03. The molecule has 0 radical (unpaired) electrons. The highest BCUT2D eigenvalue weighted by Crippen LogP contribution is 1.83. The smallest absolute Gasteiger partial charge is 0.431 e. The number of carbonyl (C=O) groups is 1. The Morgan fingerprint density at radius 3 is 2.80 bits per heavy atom. The van der Waals surface area contributed by atoms with Gasteiger partial charge in [0.1, 0.15) is 0 Å². The van der Waals surface area contributed by atoms with E-state index in [1.807, 2.05) is 0 Å². The van der Waals surface area contributed by atoms with Gasteiger partial charge in [-0.15, -0.1) is 0 Å². The number of amides is 1. The molecule has 10 heavy (non-hydrogen) atoms. The molecule has 0 spiro atoms. The van der Waals surface area contributed by atoms with Crippen molar-refractivity contribution in [3.8, 4) is 0 Å². The Balaban J connectivity index is 3.21. The highest BCUT2D eigenvalue weighted by atomic mass is 28.2. The minimum absolute atomic E-state index is 0.388. The summed E-state index contributed by atoms with van der Waals surface area (Å²) < 4.78 is 4.77. The van der Waals surface area contributed by atoms with Crippen LogP contribution in [-0.4, -0.2) is 46.4 Å². The van der Waals surface area contributed by atoms with Gasteiger partial charge in [-0.05, 0) is 0 Å². The van der Waals surface area contributed by atoms with Gasteiger partial charge in [-0.2, -0.15) is 5.06 Å². The summed E-state index contributed by atoms with van der Waals surface area (Å²) in [6, 6.07) is 0. The van der Waals surface area contributed by atoms with Gasteiger partial charge >= 0.3 is 6.09 Å². The van der Waals surface area contributed by atoms with Crippen LogP contribution < -0.4 is 0 Å². The molecule has 0 saturated heterocycles. The summed E-state index contributed by atoms with van der Waals surface area (Å²) in [4.78, 5) is 14.8. The van der Waals surface area contributed by atoms with E-state index < -0.39 is 15.9 Å². The van der Waals surface area contributed by atoms with Gasteiger partial charge in [-0.25, -0.2) is 4.79 Å². The molecule has 0 unspecified atom stereocenters. The van der Waals surface area contributed by atoms with Gasteiger partial charge < -0.3 is 9.53 Å². The van der Waals surface area contributed by atoms with E-state index in [0.717, 1.165) is 5.06 Å². The zero-order valence-electron chi connectivity index (χ0n) is 6.03. The molecule has 0 atom stereocenters. The van der Waals surface area contributed by atoms with Crippen LogP contribution in [0.1, 0.15) is 0 Å². The molecular weight excluding hydrogens is 154 g/mol. The van der Waals surface area contributed by atoms with Gasteiger partial charge in [0, 0.05) is 14.2 Å². The Kier molecular flexibility index (Phi) is 4.90. The van der Waals surface area contributed by atoms with Gasteiger partial charge in [0.25, 0.3) is 0 Å². The number of carboxylic acid groups (broad SMARTS) is 1. The minimum atomic E-state index is -1.09. The number of hydroxylamine groups is 2. The van der Waals surface area contributed by atoms with Crippen LogP contribution in [0, 0.1) is 0 Å². The second kappa shape index (κ2) is 5.21. The van der Waals surface area contributed by atoms with Crippen LogP contribution in [0.5, 0.6) is 0 Å². The standard InChI is InChI=1S/C4H11NO4Si/c1-5(4(6)7)9-3-10-8-2/h3,10H2,1-2H3,(H,6,7). The van der Waals surface area contributed by atoms with Crippen LogP contribution in [0.4, 0.5) is 4.79 Å². The van der Waals surface area contributed by atoms with Gasteiger partial charge in [-0.3, -0.25) is 4.84 Å².